The van der Waals surface area contributed by atoms with Gasteiger partial charge in [0.15, 0.2) is 5.52 Å². The molecule has 0 radical (unpaired) electrons. The van der Waals surface area contributed by atoms with Gasteiger partial charge in [0.2, 0.25) is 0 Å². The molecule has 0 atom stereocenters. The molecule has 0 saturated carbocycles. The van der Waals surface area contributed by atoms with Crippen molar-refractivity contribution >= 4 is 39.2 Å². The largest absolute Gasteiger partial charge is 0.287 e. The topological polar surface area (TPSA) is 16.8 Å². The van der Waals surface area contributed by atoms with Crippen LogP contribution in [0.25, 0.3) is 39.2 Å². The van der Waals surface area contributed by atoms with E-state index in [-0.39, 0.29) is 0 Å². The van der Waals surface area contributed by atoms with Crippen molar-refractivity contribution < 1.29 is 4.57 Å². The first-order valence-electron chi connectivity index (χ1n) is 6.75. The number of benzene rings is 3. The molecule has 1 aromatic heterocycles. The summed E-state index contributed by atoms with van der Waals surface area (Å²) in [5.41, 5.74) is 3.55. The maximum Gasteiger partial charge on any atom is 0.287 e. The molecule has 0 fully saturated rings. The van der Waals surface area contributed by atoms with Crippen LogP contribution in [0.2, 0.25) is 0 Å². The molecule has 0 aliphatic carbocycles. The van der Waals surface area contributed by atoms with E-state index in [1.54, 1.807) is 0 Å². The fourth-order valence-corrected chi connectivity index (χ4v) is 3.21. The van der Waals surface area contributed by atoms with E-state index in [0.717, 1.165) is 10.7 Å². The zero-order chi connectivity index (χ0) is 13.9. The highest BCUT2D eigenvalue weighted by atomic mass is 15.0. The van der Waals surface area contributed by atoms with E-state index < -0.39 is 0 Å². The van der Waals surface area contributed by atoms with Gasteiger partial charge in [0.05, 0.1) is 12.4 Å². The predicted octanol–water partition coefficient (Wildman–Crippen LogP) is 2.80. The summed E-state index contributed by atoms with van der Waals surface area (Å²) in [6.07, 6.45) is 1.89. The minimum absolute atomic E-state index is 1.03. The first kappa shape index (κ1) is 11.4. The van der Waals surface area contributed by atoms with Gasteiger partial charge in [0, 0.05) is 5.39 Å². The molecule has 2 nitrogen and oxygen atoms in total. The third-order valence-electron chi connectivity index (χ3n) is 4.16. The van der Waals surface area contributed by atoms with Gasteiger partial charge in [-0.15, -0.1) is 0 Å². The summed E-state index contributed by atoms with van der Waals surface area (Å²) in [6, 6.07) is 12.7. The van der Waals surface area contributed by atoms with Crippen LogP contribution in [-0.4, -0.2) is 4.98 Å². The van der Waals surface area contributed by atoms with Crippen LogP contribution in [0, 0.1) is 6.92 Å². The molecule has 1 heterocycles. The third kappa shape index (κ3) is 1.28. The average Bonchev–Trinajstić information content (AvgIpc) is 2.46. The van der Waals surface area contributed by atoms with E-state index >= 15 is 0 Å². The summed E-state index contributed by atoms with van der Waals surface area (Å²) in [5, 5.41) is 6.01. The quantitative estimate of drug-likeness (QED) is 0.269. The number of hydrogen-bond donors (Lipinski definition) is 0. The van der Waals surface area contributed by atoms with Gasteiger partial charge in [0.25, 0.3) is 6.33 Å². The Balaban J connectivity index is 2.55. The van der Waals surface area contributed by atoms with Gasteiger partial charge in [-0.2, -0.15) is 0 Å². The van der Waals surface area contributed by atoms with E-state index in [1.165, 1.54) is 32.6 Å². The summed E-state index contributed by atoms with van der Waals surface area (Å²) < 4.78 is 2.12. The van der Waals surface area contributed by atoms with Crippen LogP contribution in [0.1, 0.15) is 5.56 Å². The Bertz CT molecular complexity index is 1030. The molecule has 3 aromatic carbocycles. The minimum atomic E-state index is 1.03. The molecule has 0 aliphatic heterocycles. The first-order chi connectivity index (χ1) is 9.68. The van der Waals surface area contributed by atoms with E-state index in [1.807, 2.05) is 6.33 Å². The Morgan fingerprint density at radius 2 is 1.70 bits per heavy atom. The molecule has 0 aliphatic rings. The molecule has 20 heavy (non-hydrogen) atoms. The van der Waals surface area contributed by atoms with Crippen molar-refractivity contribution in [3.05, 3.63) is 53.5 Å². The summed E-state index contributed by atoms with van der Waals surface area (Å²) >= 11 is 0. The van der Waals surface area contributed by atoms with Gasteiger partial charge in [-0.05, 0) is 39.5 Å². The van der Waals surface area contributed by atoms with Gasteiger partial charge in [-0.1, -0.05) is 36.9 Å². The van der Waals surface area contributed by atoms with Crippen LogP contribution >= 0.6 is 0 Å². The Hall–Kier alpha value is -2.48. The van der Waals surface area contributed by atoms with E-state index in [2.05, 4.69) is 66.5 Å². The third-order valence-corrected chi connectivity index (χ3v) is 4.16. The Morgan fingerprint density at radius 3 is 2.50 bits per heavy atom. The smallest absolute Gasteiger partial charge is 0.232 e. The molecule has 2 heteroatoms. The van der Waals surface area contributed by atoms with Crippen molar-refractivity contribution in [1.29, 1.82) is 0 Å². The van der Waals surface area contributed by atoms with Gasteiger partial charge in [-0.3, -0.25) is 0 Å². The maximum atomic E-state index is 4.54. The first-order valence-corrected chi connectivity index (χ1v) is 6.75. The van der Waals surface area contributed by atoms with Crippen molar-refractivity contribution in [3.63, 3.8) is 0 Å². The van der Waals surface area contributed by atoms with Crippen LogP contribution in [0.3, 0.4) is 0 Å². The van der Waals surface area contributed by atoms with Crippen LogP contribution in [0.15, 0.2) is 42.7 Å². The molecule has 0 N–H and O–H groups in total. The summed E-state index contributed by atoms with van der Waals surface area (Å²) in [4.78, 5) is 4.54. The lowest BCUT2D eigenvalue weighted by Gasteiger charge is -2.10. The van der Waals surface area contributed by atoms with Crippen LogP contribution in [-0.2, 0) is 7.05 Å². The Labute approximate surface area is 117 Å². The van der Waals surface area contributed by atoms with Crippen LogP contribution < -0.4 is 9.79 Å². The van der Waals surface area contributed by atoms with Crippen molar-refractivity contribution in [1.82, 2.24) is 4.98 Å². The Morgan fingerprint density at radius 1 is 1.00 bits per heavy atom. The molecule has 4 rings (SSSR count). The molecular formula is C18H15N2+. The lowest BCUT2D eigenvalue weighted by molar-refractivity contribution is -0.646. The van der Waals surface area contributed by atoms with Crippen LogP contribution in [0.4, 0.5) is 0 Å². The van der Waals surface area contributed by atoms with Gasteiger partial charge in [0.1, 0.15) is 5.52 Å². The van der Waals surface area contributed by atoms with Crippen molar-refractivity contribution in [2.45, 2.75) is 6.92 Å². The molecule has 0 amide bonds. The second kappa shape index (κ2) is 3.76. The van der Waals surface area contributed by atoms with Gasteiger partial charge in [-0.25, -0.2) is 4.57 Å². The molecular weight excluding hydrogens is 244 g/mol. The highest BCUT2D eigenvalue weighted by molar-refractivity contribution is 6.18. The van der Waals surface area contributed by atoms with E-state index in [0.29, 0.717) is 0 Å². The van der Waals surface area contributed by atoms with E-state index in [4.69, 9.17) is 0 Å². The van der Waals surface area contributed by atoms with Crippen molar-refractivity contribution in [2.75, 3.05) is 0 Å². The summed E-state index contributed by atoms with van der Waals surface area (Å²) in [6.45, 7) is 6.47. The van der Waals surface area contributed by atoms with Gasteiger partial charge < -0.3 is 0 Å². The number of hydrogen-bond acceptors (Lipinski definition) is 1. The zero-order valence-corrected chi connectivity index (χ0v) is 11.6. The lowest BCUT2D eigenvalue weighted by Crippen LogP contribution is -2.30. The highest BCUT2D eigenvalue weighted by Crippen LogP contribution is 2.28. The second-order valence-electron chi connectivity index (χ2n) is 5.38. The summed E-state index contributed by atoms with van der Waals surface area (Å²) in [7, 11) is 2.06. The number of aromatic nitrogens is 2. The molecule has 0 spiro atoms. The molecule has 0 saturated heterocycles. The van der Waals surface area contributed by atoms with E-state index in [9.17, 15) is 0 Å². The molecule has 96 valence electrons. The Kier molecular flexibility index (Phi) is 2.14. The maximum absolute atomic E-state index is 4.54. The van der Waals surface area contributed by atoms with Crippen molar-refractivity contribution in [2.24, 2.45) is 7.05 Å². The SMILES string of the molecule is C=c1c2cccc(C)c2c2c3c(cccc13)nc[n+]2C. The fourth-order valence-electron chi connectivity index (χ4n) is 3.21. The lowest BCUT2D eigenvalue weighted by atomic mass is 9.96. The zero-order valence-electron chi connectivity index (χ0n) is 11.6. The molecule has 0 unspecified atom stereocenters. The molecule has 0 bridgehead atoms. The minimum Gasteiger partial charge on any atom is -0.232 e. The van der Waals surface area contributed by atoms with Gasteiger partial charge >= 0.3 is 0 Å². The fraction of sp³-hybridized carbons (Fsp3) is 0.111. The molecule has 4 aromatic rings. The summed E-state index contributed by atoms with van der Waals surface area (Å²) in [5.74, 6) is 0. The average molecular weight is 259 g/mol. The number of aryl methyl sites for hydroxylation is 2. The monoisotopic (exact) mass is 259 g/mol. The normalized spacial score (nSPS) is 11.7. The second-order valence-corrected chi connectivity index (χ2v) is 5.38. The number of rotatable bonds is 0. The van der Waals surface area contributed by atoms with Crippen molar-refractivity contribution in [3.8, 4) is 0 Å². The number of nitrogens with zero attached hydrogens (tertiary/aromatic N) is 2. The standard InChI is InChI=1S/C18H15N2/c1-11-6-4-7-13-12(2)14-8-5-9-15-17(14)18(16(11)13)20(3)10-19-15/h4-10H,2H2,1,3H3/q+1. The predicted molar refractivity (Wildman–Crippen MR) is 83.4 cm³/mol. The highest BCUT2D eigenvalue weighted by Gasteiger charge is 2.17. The van der Waals surface area contributed by atoms with Crippen LogP contribution in [0.5, 0.6) is 0 Å². The number of fused-ring (bicyclic) bond motifs is 2.